The smallest absolute Gasteiger partial charge is 0.143 e. The molecule has 4 nitrogen and oxygen atoms in total. The number of aliphatic imine (C=N–C) groups is 1. The highest BCUT2D eigenvalue weighted by Crippen LogP contribution is 1.96. The van der Waals surface area contributed by atoms with E-state index in [0.29, 0.717) is 6.61 Å². The maximum Gasteiger partial charge on any atom is 0.143 e. The third kappa shape index (κ3) is 8.05. The molecular weight excluding hydrogens is 192 g/mol. The summed E-state index contributed by atoms with van der Waals surface area (Å²) in [5.41, 5.74) is 0. The van der Waals surface area contributed by atoms with E-state index in [1.165, 1.54) is 0 Å². The molecule has 0 radical (unpaired) electrons. The third-order valence-corrected chi connectivity index (χ3v) is 2.03. The Kier molecular flexibility index (Phi) is 8.96. The standard InChI is InChI=1S/C11H20N2O2/c1-11(9-15-10-14)13(3)8-6-4-5-7-12-2/h4-7,11,14H,2,8-10H2,1,3H3/b6-4-,7-5-. The first-order valence-electron chi connectivity index (χ1n) is 4.88. The fourth-order valence-electron chi connectivity index (χ4n) is 0.947. The van der Waals surface area contributed by atoms with Gasteiger partial charge in [-0.25, -0.2) is 0 Å². The molecule has 1 N–H and O–H groups in total. The zero-order valence-corrected chi connectivity index (χ0v) is 9.47. The molecule has 86 valence electrons. The van der Waals surface area contributed by atoms with Crippen LogP contribution in [0.15, 0.2) is 29.4 Å². The maximum atomic E-state index is 8.49. The highest BCUT2D eigenvalue weighted by Gasteiger charge is 2.06. The van der Waals surface area contributed by atoms with E-state index in [4.69, 9.17) is 9.84 Å². The SMILES string of the molecule is C=N/C=C\C=C/CN(C)C(C)COCO. The lowest BCUT2D eigenvalue weighted by Gasteiger charge is -2.22. The second-order valence-corrected chi connectivity index (χ2v) is 3.24. The van der Waals surface area contributed by atoms with Gasteiger partial charge in [0.15, 0.2) is 0 Å². The lowest BCUT2D eigenvalue weighted by molar-refractivity contribution is -0.0215. The summed E-state index contributed by atoms with van der Waals surface area (Å²) in [7, 11) is 2.01. The summed E-state index contributed by atoms with van der Waals surface area (Å²) >= 11 is 0. The molecule has 0 aliphatic rings. The third-order valence-electron chi connectivity index (χ3n) is 2.03. The highest BCUT2D eigenvalue weighted by atomic mass is 16.6. The average molecular weight is 212 g/mol. The maximum absolute atomic E-state index is 8.49. The topological polar surface area (TPSA) is 45.1 Å². The number of aliphatic hydroxyl groups excluding tert-OH is 1. The molecule has 4 heteroatoms. The number of ether oxygens (including phenoxy) is 1. The van der Waals surface area contributed by atoms with Gasteiger partial charge in [-0.1, -0.05) is 12.2 Å². The van der Waals surface area contributed by atoms with Crippen LogP contribution in [0.2, 0.25) is 0 Å². The van der Waals surface area contributed by atoms with Crippen molar-refractivity contribution in [2.24, 2.45) is 4.99 Å². The van der Waals surface area contributed by atoms with Crippen molar-refractivity contribution < 1.29 is 9.84 Å². The van der Waals surface area contributed by atoms with Crippen molar-refractivity contribution in [3.8, 4) is 0 Å². The van der Waals surface area contributed by atoms with E-state index < -0.39 is 0 Å². The second kappa shape index (κ2) is 9.58. The Balaban J connectivity index is 3.71. The monoisotopic (exact) mass is 212 g/mol. The summed E-state index contributed by atoms with van der Waals surface area (Å²) in [6, 6.07) is 0.281. The van der Waals surface area contributed by atoms with Gasteiger partial charge in [-0.05, 0) is 26.8 Å². The number of rotatable bonds is 8. The van der Waals surface area contributed by atoms with Crippen LogP contribution in [0.3, 0.4) is 0 Å². The van der Waals surface area contributed by atoms with Crippen LogP contribution in [-0.4, -0.2) is 49.8 Å². The molecule has 0 aromatic carbocycles. The largest absolute Gasteiger partial charge is 0.371 e. The lowest BCUT2D eigenvalue weighted by atomic mass is 10.3. The Labute approximate surface area is 91.6 Å². The van der Waals surface area contributed by atoms with Gasteiger partial charge in [0.1, 0.15) is 6.79 Å². The molecule has 0 aliphatic carbocycles. The molecule has 1 unspecified atom stereocenters. The van der Waals surface area contributed by atoms with Crippen molar-refractivity contribution in [2.45, 2.75) is 13.0 Å². The Bertz CT molecular complexity index is 215. The molecule has 0 aromatic rings. The molecule has 0 saturated heterocycles. The van der Waals surface area contributed by atoms with E-state index in [2.05, 4.69) is 16.6 Å². The summed E-state index contributed by atoms with van der Waals surface area (Å²) < 4.78 is 4.91. The number of likely N-dealkylation sites (N-methyl/N-ethyl adjacent to an activating group) is 1. The van der Waals surface area contributed by atoms with Crippen molar-refractivity contribution in [3.63, 3.8) is 0 Å². The zero-order chi connectivity index (χ0) is 11.5. The summed E-state index contributed by atoms with van der Waals surface area (Å²) in [6.07, 6.45) is 7.41. The highest BCUT2D eigenvalue weighted by molar-refractivity contribution is 5.26. The summed E-state index contributed by atoms with van der Waals surface area (Å²) in [4.78, 5) is 5.71. The van der Waals surface area contributed by atoms with Crippen molar-refractivity contribution in [1.82, 2.24) is 4.90 Å². The van der Waals surface area contributed by atoms with Gasteiger partial charge in [-0.3, -0.25) is 9.89 Å². The predicted octanol–water partition coefficient (Wildman–Crippen LogP) is 1.04. The van der Waals surface area contributed by atoms with Crippen LogP contribution in [0.1, 0.15) is 6.92 Å². The quantitative estimate of drug-likeness (QED) is 0.371. The van der Waals surface area contributed by atoms with Crippen molar-refractivity contribution in [1.29, 1.82) is 0 Å². The van der Waals surface area contributed by atoms with E-state index in [1.807, 2.05) is 32.2 Å². The van der Waals surface area contributed by atoms with Crippen LogP contribution in [-0.2, 0) is 4.74 Å². The van der Waals surface area contributed by atoms with Crippen LogP contribution in [0.4, 0.5) is 0 Å². The number of aliphatic hydroxyl groups is 1. The van der Waals surface area contributed by atoms with Crippen LogP contribution >= 0.6 is 0 Å². The summed E-state index contributed by atoms with van der Waals surface area (Å²) in [6.45, 7) is 6.52. The Morgan fingerprint density at radius 2 is 2.27 bits per heavy atom. The molecule has 0 amide bonds. The summed E-state index contributed by atoms with van der Waals surface area (Å²) in [5, 5.41) is 8.49. The number of hydrogen-bond donors (Lipinski definition) is 1. The minimum absolute atomic E-state index is 0.220. The second-order valence-electron chi connectivity index (χ2n) is 3.24. The van der Waals surface area contributed by atoms with Gasteiger partial charge >= 0.3 is 0 Å². The van der Waals surface area contributed by atoms with Gasteiger partial charge in [0.2, 0.25) is 0 Å². The van der Waals surface area contributed by atoms with Gasteiger partial charge in [-0.2, -0.15) is 0 Å². The first-order valence-corrected chi connectivity index (χ1v) is 4.88. The Morgan fingerprint density at radius 1 is 1.53 bits per heavy atom. The lowest BCUT2D eigenvalue weighted by Crippen LogP contribution is -2.33. The van der Waals surface area contributed by atoms with Gasteiger partial charge in [0.25, 0.3) is 0 Å². The Morgan fingerprint density at radius 3 is 2.87 bits per heavy atom. The minimum atomic E-state index is -0.220. The predicted molar refractivity (Wildman–Crippen MR) is 63.0 cm³/mol. The molecule has 1 atom stereocenters. The molecule has 0 aromatic heterocycles. The normalized spacial score (nSPS) is 14.1. The fourth-order valence-corrected chi connectivity index (χ4v) is 0.947. The van der Waals surface area contributed by atoms with Crippen molar-refractivity contribution in [3.05, 3.63) is 24.4 Å². The molecule has 0 aliphatic heterocycles. The first kappa shape index (κ1) is 14.0. The molecule has 0 fully saturated rings. The molecule has 0 rings (SSSR count). The van der Waals surface area contributed by atoms with Gasteiger partial charge in [-0.15, -0.1) is 0 Å². The van der Waals surface area contributed by atoms with Gasteiger partial charge in [0.05, 0.1) is 6.61 Å². The molecule has 0 saturated carbocycles. The Hall–Kier alpha value is -0.970. The van der Waals surface area contributed by atoms with Crippen LogP contribution in [0.25, 0.3) is 0 Å². The van der Waals surface area contributed by atoms with E-state index in [0.717, 1.165) is 6.54 Å². The number of allylic oxidation sites excluding steroid dienone is 2. The number of nitrogens with zero attached hydrogens (tertiary/aromatic N) is 2. The first-order chi connectivity index (χ1) is 7.22. The fraction of sp³-hybridized carbons (Fsp3) is 0.545. The van der Waals surface area contributed by atoms with Crippen LogP contribution in [0, 0.1) is 0 Å². The molecular formula is C11H20N2O2. The molecule has 0 spiro atoms. The van der Waals surface area contributed by atoms with Crippen LogP contribution in [0.5, 0.6) is 0 Å². The minimum Gasteiger partial charge on any atom is -0.371 e. The molecule has 0 bridgehead atoms. The van der Waals surface area contributed by atoms with Gasteiger partial charge < -0.3 is 9.84 Å². The number of hydrogen-bond acceptors (Lipinski definition) is 4. The zero-order valence-electron chi connectivity index (χ0n) is 9.47. The van der Waals surface area contributed by atoms with Crippen molar-refractivity contribution in [2.75, 3.05) is 27.0 Å². The molecule has 15 heavy (non-hydrogen) atoms. The van der Waals surface area contributed by atoms with E-state index in [9.17, 15) is 0 Å². The summed E-state index contributed by atoms with van der Waals surface area (Å²) in [5.74, 6) is 0. The van der Waals surface area contributed by atoms with Crippen molar-refractivity contribution >= 4 is 6.72 Å². The average Bonchev–Trinajstić information content (AvgIpc) is 2.25. The van der Waals surface area contributed by atoms with E-state index >= 15 is 0 Å². The molecule has 0 heterocycles. The van der Waals surface area contributed by atoms with Crippen LogP contribution < -0.4 is 0 Å². The van der Waals surface area contributed by atoms with E-state index in [1.54, 1.807) is 6.20 Å². The van der Waals surface area contributed by atoms with E-state index in [-0.39, 0.29) is 12.8 Å². The van der Waals surface area contributed by atoms with Gasteiger partial charge in [0, 0.05) is 18.8 Å².